The van der Waals surface area contributed by atoms with E-state index in [4.69, 9.17) is 5.11 Å². The average Bonchev–Trinajstić information content (AvgIpc) is 2.27. The molecule has 0 radical (unpaired) electrons. The molecule has 0 saturated heterocycles. The summed E-state index contributed by atoms with van der Waals surface area (Å²) in [6.07, 6.45) is 6.36. The molecule has 0 amide bonds. The number of likely N-dealkylation sites (N-methyl/N-ethyl adjacent to an activating group) is 1. The van der Waals surface area contributed by atoms with E-state index in [1.165, 1.54) is 32.1 Å². The Morgan fingerprint density at radius 2 is 1.93 bits per heavy atom. The number of aliphatic hydroxyl groups excluding tert-OH is 1. The van der Waals surface area contributed by atoms with Crippen LogP contribution in [0.3, 0.4) is 0 Å². The second-order valence-corrected chi connectivity index (χ2v) is 4.66. The molecule has 15 heavy (non-hydrogen) atoms. The molecule has 0 heterocycles. The fourth-order valence-electron chi connectivity index (χ4n) is 2.41. The summed E-state index contributed by atoms with van der Waals surface area (Å²) in [5.74, 6) is 0. The fourth-order valence-corrected chi connectivity index (χ4v) is 2.41. The van der Waals surface area contributed by atoms with E-state index in [9.17, 15) is 0 Å². The number of aliphatic hydroxyl groups is 1. The van der Waals surface area contributed by atoms with Crippen LogP contribution in [0.25, 0.3) is 0 Å². The lowest BCUT2D eigenvalue weighted by molar-refractivity contribution is 0.142. The van der Waals surface area contributed by atoms with Crippen molar-refractivity contribution in [1.82, 2.24) is 10.2 Å². The molecule has 1 saturated carbocycles. The van der Waals surface area contributed by atoms with Crippen molar-refractivity contribution in [1.29, 1.82) is 0 Å². The molecule has 0 aromatic rings. The highest BCUT2D eigenvalue weighted by atomic mass is 16.3. The molecule has 3 heteroatoms. The molecular formula is C12H26N2O. The predicted molar refractivity (Wildman–Crippen MR) is 64.1 cm³/mol. The molecule has 0 spiro atoms. The van der Waals surface area contributed by atoms with Crippen molar-refractivity contribution in [3.63, 3.8) is 0 Å². The SMILES string of the molecule is CCCNC1CCC(N(C)CCO)CC1. The van der Waals surface area contributed by atoms with Crippen LogP contribution in [0.4, 0.5) is 0 Å². The maximum atomic E-state index is 8.88. The molecule has 1 aliphatic rings. The number of nitrogens with one attached hydrogen (secondary N) is 1. The molecule has 0 atom stereocenters. The first-order valence-electron chi connectivity index (χ1n) is 6.32. The van der Waals surface area contributed by atoms with Gasteiger partial charge in [0.15, 0.2) is 0 Å². The van der Waals surface area contributed by atoms with Crippen LogP contribution in [0.5, 0.6) is 0 Å². The van der Waals surface area contributed by atoms with E-state index >= 15 is 0 Å². The van der Waals surface area contributed by atoms with Gasteiger partial charge in [0.05, 0.1) is 6.61 Å². The summed E-state index contributed by atoms with van der Waals surface area (Å²) in [6, 6.07) is 1.43. The molecule has 1 rings (SSSR count). The third kappa shape index (κ3) is 4.49. The van der Waals surface area contributed by atoms with E-state index in [0.717, 1.165) is 19.1 Å². The summed E-state index contributed by atoms with van der Waals surface area (Å²) < 4.78 is 0. The van der Waals surface area contributed by atoms with Crippen LogP contribution in [-0.2, 0) is 0 Å². The van der Waals surface area contributed by atoms with E-state index in [-0.39, 0.29) is 6.61 Å². The number of nitrogens with zero attached hydrogens (tertiary/aromatic N) is 1. The van der Waals surface area contributed by atoms with Crippen molar-refractivity contribution in [3.8, 4) is 0 Å². The first kappa shape index (κ1) is 12.9. The zero-order chi connectivity index (χ0) is 11.1. The third-order valence-corrected chi connectivity index (χ3v) is 3.46. The van der Waals surface area contributed by atoms with E-state index < -0.39 is 0 Å². The smallest absolute Gasteiger partial charge is 0.0558 e. The quantitative estimate of drug-likeness (QED) is 0.698. The van der Waals surface area contributed by atoms with Crippen LogP contribution in [0.1, 0.15) is 39.0 Å². The summed E-state index contributed by atoms with van der Waals surface area (Å²) in [5, 5.41) is 12.5. The van der Waals surface area contributed by atoms with Gasteiger partial charge in [-0.3, -0.25) is 0 Å². The summed E-state index contributed by atoms with van der Waals surface area (Å²) >= 11 is 0. The lowest BCUT2D eigenvalue weighted by Gasteiger charge is -2.34. The Hall–Kier alpha value is -0.120. The van der Waals surface area contributed by atoms with Gasteiger partial charge in [0.25, 0.3) is 0 Å². The lowest BCUT2D eigenvalue weighted by atomic mass is 9.90. The molecule has 0 bridgehead atoms. The van der Waals surface area contributed by atoms with Gasteiger partial charge in [-0.05, 0) is 45.7 Å². The van der Waals surface area contributed by atoms with Crippen molar-refractivity contribution in [2.45, 2.75) is 51.1 Å². The summed E-state index contributed by atoms with van der Waals surface area (Å²) in [6.45, 7) is 4.47. The molecule has 2 N–H and O–H groups in total. The Bertz CT molecular complexity index is 156. The van der Waals surface area contributed by atoms with Crippen LogP contribution < -0.4 is 5.32 Å². The summed E-state index contributed by atoms with van der Waals surface area (Å²) in [4.78, 5) is 2.30. The average molecular weight is 214 g/mol. The lowest BCUT2D eigenvalue weighted by Crippen LogP contribution is -2.41. The number of rotatable bonds is 6. The second-order valence-electron chi connectivity index (χ2n) is 4.66. The molecule has 0 aromatic heterocycles. The Labute approximate surface area is 93.9 Å². The van der Waals surface area contributed by atoms with Crippen LogP contribution in [0.15, 0.2) is 0 Å². The molecule has 0 aromatic carbocycles. The van der Waals surface area contributed by atoms with E-state index in [2.05, 4.69) is 24.2 Å². The Morgan fingerprint density at radius 1 is 1.27 bits per heavy atom. The minimum absolute atomic E-state index is 0.282. The minimum Gasteiger partial charge on any atom is -0.395 e. The molecule has 1 fully saturated rings. The highest BCUT2D eigenvalue weighted by molar-refractivity contribution is 4.81. The summed E-state index contributed by atoms with van der Waals surface area (Å²) in [7, 11) is 2.13. The van der Waals surface area contributed by atoms with Gasteiger partial charge >= 0.3 is 0 Å². The van der Waals surface area contributed by atoms with Crippen LogP contribution in [0, 0.1) is 0 Å². The highest BCUT2D eigenvalue weighted by Crippen LogP contribution is 2.22. The van der Waals surface area contributed by atoms with Gasteiger partial charge in [-0.1, -0.05) is 6.92 Å². The van der Waals surface area contributed by atoms with Crippen LogP contribution in [-0.4, -0.2) is 48.8 Å². The first-order valence-corrected chi connectivity index (χ1v) is 6.32. The summed E-state index contributed by atoms with van der Waals surface area (Å²) in [5.41, 5.74) is 0. The topological polar surface area (TPSA) is 35.5 Å². The molecular weight excluding hydrogens is 188 g/mol. The minimum atomic E-state index is 0.282. The Kier molecular flexibility index (Phi) is 6.22. The van der Waals surface area contributed by atoms with E-state index in [1.807, 2.05) is 0 Å². The zero-order valence-electron chi connectivity index (χ0n) is 10.2. The van der Waals surface area contributed by atoms with Crippen molar-refractivity contribution in [3.05, 3.63) is 0 Å². The van der Waals surface area contributed by atoms with Gasteiger partial charge in [-0.2, -0.15) is 0 Å². The molecule has 0 aliphatic heterocycles. The van der Waals surface area contributed by atoms with E-state index in [1.54, 1.807) is 0 Å². The van der Waals surface area contributed by atoms with Crippen molar-refractivity contribution in [2.75, 3.05) is 26.7 Å². The zero-order valence-corrected chi connectivity index (χ0v) is 10.2. The maximum absolute atomic E-state index is 8.88. The molecule has 3 nitrogen and oxygen atoms in total. The Balaban J connectivity index is 2.17. The number of hydrogen-bond acceptors (Lipinski definition) is 3. The first-order chi connectivity index (χ1) is 7.27. The second kappa shape index (κ2) is 7.20. The Morgan fingerprint density at radius 3 is 2.47 bits per heavy atom. The fraction of sp³-hybridized carbons (Fsp3) is 1.00. The van der Waals surface area contributed by atoms with Crippen molar-refractivity contribution < 1.29 is 5.11 Å². The van der Waals surface area contributed by atoms with Gasteiger partial charge in [0.2, 0.25) is 0 Å². The molecule has 0 unspecified atom stereocenters. The van der Waals surface area contributed by atoms with Crippen molar-refractivity contribution >= 4 is 0 Å². The molecule has 1 aliphatic carbocycles. The monoisotopic (exact) mass is 214 g/mol. The van der Waals surface area contributed by atoms with Crippen molar-refractivity contribution in [2.24, 2.45) is 0 Å². The normalized spacial score (nSPS) is 27.2. The third-order valence-electron chi connectivity index (χ3n) is 3.46. The van der Waals surface area contributed by atoms with Crippen LogP contribution in [0.2, 0.25) is 0 Å². The number of hydrogen-bond donors (Lipinski definition) is 2. The predicted octanol–water partition coefficient (Wildman–Crippen LogP) is 1.22. The van der Waals surface area contributed by atoms with Gasteiger partial charge in [-0.15, -0.1) is 0 Å². The van der Waals surface area contributed by atoms with Crippen LogP contribution >= 0.6 is 0 Å². The molecule has 90 valence electrons. The van der Waals surface area contributed by atoms with Gasteiger partial charge in [0.1, 0.15) is 0 Å². The van der Waals surface area contributed by atoms with Gasteiger partial charge in [0, 0.05) is 18.6 Å². The largest absolute Gasteiger partial charge is 0.395 e. The maximum Gasteiger partial charge on any atom is 0.0558 e. The van der Waals surface area contributed by atoms with E-state index in [0.29, 0.717) is 6.04 Å². The van der Waals surface area contributed by atoms with Gasteiger partial charge in [-0.25, -0.2) is 0 Å². The standard InChI is InChI=1S/C12H26N2O/c1-3-8-13-11-4-6-12(7-5-11)14(2)9-10-15/h11-13,15H,3-10H2,1-2H3. The highest BCUT2D eigenvalue weighted by Gasteiger charge is 2.22. The van der Waals surface area contributed by atoms with Gasteiger partial charge < -0.3 is 15.3 Å².